The van der Waals surface area contributed by atoms with Gasteiger partial charge in [0, 0.05) is 24.9 Å². The lowest BCUT2D eigenvalue weighted by Crippen LogP contribution is -2.31. The topological polar surface area (TPSA) is 47.4 Å². The Bertz CT molecular complexity index is 885. The third kappa shape index (κ3) is 2.75. The summed E-state index contributed by atoms with van der Waals surface area (Å²) in [5.74, 6) is 2.44. The molecule has 0 N–H and O–H groups in total. The van der Waals surface area contributed by atoms with Crippen molar-refractivity contribution in [3.05, 3.63) is 50.0 Å². The molecular formula is C18H19Cl2N3O2. The van der Waals surface area contributed by atoms with E-state index in [1.807, 2.05) is 13.8 Å². The van der Waals surface area contributed by atoms with Gasteiger partial charge in [-0.2, -0.15) is 0 Å². The number of fused-ring (bicyclic) bond motifs is 1. The monoisotopic (exact) mass is 379 g/mol. The number of aryl methyl sites for hydroxylation is 1. The molecule has 2 atom stereocenters. The third-order valence-electron chi connectivity index (χ3n) is 5.16. The summed E-state index contributed by atoms with van der Waals surface area (Å²) in [5, 5.41) is 0.774. The Balaban J connectivity index is 1.79. The van der Waals surface area contributed by atoms with Crippen molar-refractivity contribution < 1.29 is 4.74 Å². The first kappa shape index (κ1) is 16.9. The van der Waals surface area contributed by atoms with Crippen molar-refractivity contribution in [1.29, 1.82) is 0 Å². The molecule has 2 aliphatic rings. The van der Waals surface area contributed by atoms with E-state index in [0.29, 0.717) is 39.0 Å². The molecule has 5 nitrogen and oxygen atoms in total. The summed E-state index contributed by atoms with van der Waals surface area (Å²) in [6, 6.07) is 5.26. The SMILES string of the molecule is Cc1c(N2CC3COCC3C2)nc(C)n(-c2cccc(Cl)c2Cl)c1=O. The molecule has 0 spiro atoms. The summed E-state index contributed by atoms with van der Waals surface area (Å²) < 4.78 is 7.07. The van der Waals surface area contributed by atoms with Crippen LogP contribution in [0.2, 0.25) is 10.0 Å². The molecule has 25 heavy (non-hydrogen) atoms. The van der Waals surface area contributed by atoms with Crippen molar-refractivity contribution in [1.82, 2.24) is 9.55 Å². The van der Waals surface area contributed by atoms with Crippen LogP contribution in [-0.4, -0.2) is 35.9 Å². The Labute approximate surface area is 156 Å². The molecule has 7 heteroatoms. The highest BCUT2D eigenvalue weighted by atomic mass is 35.5. The van der Waals surface area contributed by atoms with Crippen LogP contribution in [-0.2, 0) is 4.74 Å². The van der Waals surface area contributed by atoms with Gasteiger partial charge in [0.2, 0.25) is 0 Å². The normalized spacial score (nSPS) is 22.5. The van der Waals surface area contributed by atoms with E-state index < -0.39 is 0 Å². The number of nitrogens with zero attached hydrogens (tertiary/aromatic N) is 3. The van der Waals surface area contributed by atoms with E-state index >= 15 is 0 Å². The smallest absolute Gasteiger partial charge is 0.263 e. The number of benzene rings is 1. The van der Waals surface area contributed by atoms with Crippen LogP contribution in [0.3, 0.4) is 0 Å². The number of hydrogen-bond donors (Lipinski definition) is 0. The highest BCUT2D eigenvalue weighted by Crippen LogP contribution is 2.33. The van der Waals surface area contributed by atoms with E-state index in [-0.39, 0.29) is 5.56 Å². The molecule has 2 aromatic rings. The molecule has 3 heterocycles. The van der Waals surface area contributed by atoms with Gasteiger partial charge in [-0.05, 0) is 26.0 Å². The molecule has 0 bridgehead atoms. The maximum absolute atomic E-state index is 13.0. The summed E-state index contributed by atoms with van der Waals surface area (Å²) in [4.78, 5) is 20.0. The first-order chi connectivity index (χ1) is 12.0. The molecule has 0 saturated carbocycles. The average Bonchev–Trinajstić information content (AvgIpc) is 3.16. The predicted molar refractivity (Wildman–Crippen MR) is 99.3 cm³/mol. The van der Waals surface area contributed by atoms with Gasteiger partial charge in [0.25, 0.3) is 5.56 Å². The predicted octanol–water partition coefficient (Wildman–Crippen LogP) is 3.24. The van der Waals surface area contributed by atoms with E-state index in [1.54, 1.807) is 18.2 Å². The fraction of sp³-hybridized carbons (Fsp3) is 0.444. The molecule has 2 saturated heterocycles. The summed E-state index contributed by atoms with van der Waals surface area (Å²) in [5.41, 5.74) is 1.08. The Kier molecular flexibility index (Phi) is 4.26. The van der Waals surface area contributed by atoms with Crippen LogP contribution in [0.15, 0.2) is 23.0 Å². The van der Waals surface area contributed by atoms with Gasteiger partial charge >= 0.3 is 0 Å². The third-order valence-corrected chi connectivity index (χ3v) is 5.97. The zero-order valence-corrected chi connectivity index (χ0v) is 15.6. The van der Waals surface area contributed by atoms with Gasteiger partial charge in [-0.3, -0.25) is 9.36 Å². The van der Waals surface area contributed by atoms with Gasteiger partial charge in [0.15, 0.2) is 0 Å². The summed E-state index contributed by atoms with van der Waals surface area (Å²) >= 11 is 12.4. The van der Waals surface area contributed by atoms with E-state index in [1.165, 1.54) is 4.57 Å². The second-order valence-corrected chi connectivity index (χ2v) is 7.57. The highest BCUT2D eigenvalue weighted by Gasteiger charge is 2.38. The summed E-state index contributed by atoms with van der Waals surface area (Å²) in [6.45, 7) is 7.02. The zero-order valence-electron chi connectivity index (χ0n) is 14.1. The van der Waals surface area contributed by atoms with Crippen LogP contribution in [0.5, 0.6) is 0 Å². The number of aromatic nitrogens is 2. The van der Waals surface area contributed by atoms with Crippen molar-refractivity contribution >= 4 is 29.0 Å². The molecular weight excluding hydrogens is 361 g/mol. The summed E-state index contributed by atoms with van der Waals surface area (Å²) in [6.07, 6.45) is 0. The first-order valence-electron chi connectivity index (χ1n) is 8.34. The minimum absolute atomic E-state index is 0.111. The fourth-order valence-corrected chi connectivity index (χ4v) is 4.19. The van der Waals surface area contributed by atoms with Gasteiger partial charge in [0.05, 0.1) is 34.5 Å². The molecule has 2 unspecified atom stereocenters. The minimum Gasteiger partial charge on any atom is -0.381 e. The van der Waals surface area contributed by atoms with E-state index in [4.69, 9.17) is 32.9 Å². The molecule has 1 aromatic carbocycles. The van der Waals surface area contributed by atoms with Crippen molar-refractivity contribution in [2.75, 3.05) is 31.2 Å². The van der Waals surface area contributed by atoms with E-state index in [9.17, 15) is 4.79 Å². The highest BCUT2D eigenvalue weighted by molar-refractivity contribution is 6.43. The van der Waals surface area contributed by atoms with Crippen LogP contribution in [0.4, 0.5) is 5.82 Å². The lowest BCUT2D eigenvalue weighted by atomic mass is 10.0. The quantitative estimate of drug-likeness (QED) is 0.803. The minimum atomic E-state index is -0.111. The number of hydrogen-bond acceptors (Lipinski definition) is 4. The second-order valence-electron chi connectivity index (χ2n) is 6.78. The Morgan fingerprint density at radius 1 is 1.16 bits per heavy atom. The van der Waals surface area contributed by atoms with Crippen molar-refractivity contribution in [2.45, 2.75) is 13.8 Å². The van der Waals surface area contributed by atoms with Gasteiger partial charge in [0.1, 0.15) is 11.6 Å². The van der Waals surface area contributed by atoms with E-state index in [0.717, 1.165) is 32.1 Å². The molecule has 2 fully saturated rings. The lowest BCUT2D eigenvalue weighted by molar-refractivity contribution is 0.177. The number of halogens is 2. The Morgan fingerprint density at radius 3 is 2.52 bits per heavy atom. The van der Waals surface area contributed by atoms with Crippen LogP contribution in [0, 0.1) is 25.7 Å². The largest absolute Gasteiger partial charge is 0.381 e. The molecule has 0 radical (unpaired) electrons. The molecule has 1 aromatic heterocycles. The second kappa shape index (κ2) is 6.31. The fourth-order valence-electron chi connectivity index (χ4n) is 3.81. The van der Waals surface area contributed by atoms with Crippen LogP contribution in [0.1, 0.15) is 11.4 Å². The van der Waals surface area contributed by atoms with Gasteiger partial charge in [-0.25, -0.2) is 4.98 Å². The summed E-state index contributed by atoms with van der Waals surface area (Å²) in [7, 11) is 0. The number of anilines is 1. The van der Waals surface area contributed by atoms with Crippen molar-refractivity contribution in [3.8, 4) is 5.69 Å². The lowest BCUT2D eigenvalue weighted by Gasteiger charge is -2.22. The standard InChI is InChI=1S/C18H19Cl2N3O2/c1-10-17(22-6-12-8-25-9-13(12)7-22)21-11(2)23(18(10)24)15-5-3-4-14(19)16(15)20/h3-5,12-13H,6-9H2,1-2H3. The van der Waals surface area contributed by atoms with Crippen LogP contribution < -0.4 is 10.5 Å². The maximum Gasteiger partial charge on any atom is 0.263 e. The van der Waals surface area contributed by atoms with Crippen molar-refractivity contribution in [3.63, 3.8) is 0 Å². The average molecular weight is 380 g/mol. The number of ether oxygens (including phenoxy) is 1. The van der Waals surface area contributed by atoms with Crippen LogP contribution >= 0.6 is 23.2 Å². The van der Waals surface area contributed by atoms with Gasteiger partial charge < -0.3 is 9.64 Å². The van der Waals surface area contributed by atoms with Gasteiger partial charge in [-0.15, -0.1) is 0 Å². The van der Waals surface area contributed by atoms with Crippen molar-refractivity contribution in [2.24, 2.45) is 11.8 Å². The van der Waals surface area contributed by atoms with E-state index in [2.05, 4.69) is 4.90 Å². The van der Waals surface area contributed by atoms with Gasteiger partial charge in [-0.1, -0.05) is 29.3 Å². The Morgan fingerprint density at radius 2 is 1.84 bits per heavy atom. The Hall–Kier alpha value is -1.56. The molecule has 4 rings (SSSR count). The number of rotatable bonds is 2. The van der Waals surface area contributed by atoms with Crippen LogP contribution in [0.25, 0.3) is 5.69 Å². The molecule has 0 amide bonds. The maximum atomic E-state index is 13.0. The molecule has 0 aliphatic carbocycles. The first-order valence-corrected chi connectivity index (χ1v) is 9.10. The molecule has 2 aliphatic heterocycles. The molecule has 132 valence electrons. The zero-order chi connectivity index (χ0) is 17.7.